The SMILES string of the molecule is CC(C)(C)C(=O)n1nc(C2CCN(CC3CC3)CC2)cc1NCc1ccc(Cl)s1. The van der Waals surface area contributed by atoms with Crippen LogP contribution in [-0.4, -0.2) is 40.2 Å². The fourth-order valence-corrected chi connectivity index (χ4v) is 4.93. The molecule has 0 atom stereocenters. The van der Waals surface area contributed by atoms with Gasteiger partial charge in [-0.05, 0) is 56.8 Å². The zero-order valence-corrected chi connectivity index (χ0v) is 19.2. The number of likely N-dealkylation sites (tertiary alicyclic amines) is 1. The highest BCUT2D eigenvalue weighted by atomic mass is 35.5. The molecule has 29 heavy (non-hydrogen) atoms. The van der Waals surface area contributed by atoms with Crippen LogP contribution in [0, 0.1) is 11.3 Å². The number of hydrogen-bond donors (Lipinski definition) is 1. The van der Waals surface area contributed by atoms with E-state index in [-0.39, 0.29) is 5.91 Å². The van der Waals surface area contributed by atoms with Crippen molar-refractivity contribution in [2.75, 3.05) is 25.0 Å². The van der Waals surface area contributed by atoms with E-state index in [4.69, 9.17) is 16.7 Å². The average Bonchev–Trinajstić information content (AvgIpc) is 3.23. The molecule has 2 aliphatic rings. The van der Waals surface area contributed by atoms with Crippen molar-refractivity contribution >= 4 is 34.7 Å². The minimum absolute atomic E-state index is 0.0154. The van der Waals surface area contributed by atoms with Gasteiger partial charge in [0.2, 0.25) is 0 Å². The number of anilines is 1. The Bertz CT molecular complexity index is 857. The van der Waals surface area contributed by atoms with Crippen molar-refractivity contribution in [3.05, 3.63) is 33.1 Å². The molecule has 2 fully saturated rings. The van der Waals surface area contributed by atoms with Gasteiger partial charge in [-0.2, -0.15) is 9.78 Å². The Labute approximate surface area is 182 Å². The highest BCUT2D eigenvalue weighted by molar-refractivity contribution is 7.16. The highest BCUT2D eigenvalue weighted by Crippen LogP contribution is 2.34. The summed E-state index contributed by atoms with van der Waals surface area (Å²) in [6.07, 6.45) is 5.05. The molecule has 0 radical (unpaired) electrons. The second-order valence-corrected chi connectivity index (χ2v) is 11.3. The second kappa shape index (κ2) is 8.40. The molecule has 0 bridgehead atoms. The normalized spacial score (nSPS) is 18.9. The Kier molecular flexibility index (Phi) is 6.05. The van der Waals surface area contributed by atoms with Gasteiger partial charge in [0.1, 0.15) is 5.82 Å². The van der Waals surface area contributed by atoms with E-state index in [1.54, 1.807) is 16.0 Å². The van der Waals surface area contributed by atoms with Crippen LogP contribution >= 0.6 is 22.9 Å². The van der Waals surface area contributed by atoms with E-state index in [1.807, 2.05) is 32.9 Å². The van der Waals surface area contributed by atoms with Gasteiger partial charge in [-0.3, -0.25) is 4.79 Å². The van der Waals surface area contributed by atoms with Gasteiger partial charge in [-0.25, -0.2) is 0 Å². The summed E-state index contributed by atoms with van der Waals surface area (Å²) < 4.78 is 2.36. The molecule has 2 aromatic rings. The molecule has 0 aromatic carbocycles. The van der Waals surface area contributed by atoms with Crippen LogP contribution in [0.25, 0.3) is 0 Å². The summed E-state index contributed by atoms with van der Waals surface area (Å²) in [5, 5.41) is 8.20. The van der Waals surface area contributed by atoms with E-state index in [0.29, 0.717) is 12.5 Å². The van der Waals surface area contributed by atoms with Crippen molar-refractivity contribution in [3.8, 4) is 0 Å². The standard InChI is InChI=1S/C22H31ClN4OS/c1-22(2,3)21(28)27-20(24-13-17-6-7-19(23)29-17)12-18(25-27)16-8-10-26(11-9-16)14-15-4-5-15/h6-7,12,15-16,24H,4-5,8-11,13-14H2,1-3H3. The van der Waals surface area contributed by atoms with Gasteiger partial charge in [0.05, 0.1) is 16.6 Å². The van der Waals surface area contributed by atoms with Crippen molar-refractivity contribution in [2.45, 2.75) is 58.9 Å². The van der Waals surface area contributed by atoms with Gasteiger partial charge in [-0.1, -0.05) is 32.4 Å². The second-order valence-electron chi connectivity index (χ2n) is 9.50. The van der Waals surface area contributed by atoms with E-state index in [1.165, 1.54) is 19.4 Å². The van der Waals surface area contributed by atoms with Crippen LogP contribution in [0.1, 0.15) is 67.7 Å². The third-order valence-corrected chi connectivity index (χ3v) is 7.09. The molecule has 3 heterocycles. The molecule has 1 aliphatic heterocycles. The predicted octanol–water partition coefficient (Wildman–Crippen LogP) is 5.49. The quantitative estimate of drug-likeness (QED) is 0.653. The maximum absolute atomic E-state index is 13.0. The first-order valence-corrected chi connectivity index (χ1v) is 11.8. The van der Waals surface area contributed by atoms with Crippen LogP contribution in [0.15, 0.2) is 18.2 Å². The van der Waals surface area contributed by atoms with Crippen LogP contribution in [0.4, 0.5) is 5.82 Å². The van der Waals surface area contributed by atoms with Crippen molar-refractivity contribution in [1.29, 1.82) is 0 Å². The van der Waals surface area contributed by atoms with E-state index < -0.39 is 5.41 Å². The lowest BCUT2D eigenvalue weighted by molar-refractivity contribution is 0.0750. The largest absolute Gasteiger partial charge is 0.365 e. The molecule has 1 saturated heterocycles. The van der Waals surface area contributed by atoms with Crippen molar-refractivity contribution in [1.82, 2.24) is 14.7 Å². The zero-order chi connectivity index (χ0) is 20.6. The van der Waals surface area contributed by atoms with Crippen molar-refractivity contribution < 1.29 is 4.79 Å². The fourth-order valence-electron chi connectivity index (χ4n) is 3.90. The maximum Gasteiger partial charge on any atom is 0.254 e. The number of aromatic nitrogens is 2. The number of halogens is 1. The molecule has 1 aliphatic carbocycles. The Morgan fingerprint density at radius 2 is 1.97 bits per heavy atom. The molecule has 2 aromatic heterocycles. The third-order valence-electron chi connectivity index (χ3n) is 5.85. The number of rotatable bonds is 6. The Hall–Kier alpha value is -1.37. The van der Waals surface area contributed by atoms with Gasteiger partial charge in [-0.15, -0.1) is 11.3 Å². The number of nitrogens with zero attached hydrogens (tertiary/aromatic N) is 3. The van der Waals surface area contributed by atoms with Gasteiger partial charge in [0.15, 0.2) is 0 Å². The number of nitrogens with one attached hydrogen (secondary N) is 1. The lowest BCUT2D eigenvalue weighted by atomic mass is 9.93. The summed E-state index contributed by atoms with van der Waals surface area (Å²) in [7, 11) is 0. The molecule has 5 nitrogen and oxygen atoms in total. The van der Waals surface area contributed by atoms with E-state index in [9.17, 15) is 4.79 Å². The van der Waals surface area contributed by atoms with Crippen LogP contribution in [0.5, 0.6) is 0 Å². The number of carbonyl (C=O) groups excluding carboxylic acids is 1. The van der Waals surface area contributed by atoms with Gasteiger partial charge in [0, 0.05) is 28.8 Å². The summed E-state index contributed by atoms with van der Waals surface area (Å²) in [4.78, 5) is 16.8. The first-order valence-electron chi connectivity index (χ1n) is 10.6. The highest BCUT2D eigenvalue weighted by Gasteiger charge is 2.31. The molecular formula is C22H31ClN4OS. The molecular weight excluding hydrogens is 404 g/mol. The predicted molar refractivity (Wildman–Crippen MR) is 120 cm³/mol. The molecule has 1 saturated carbocycles. The summed E-state index contributed by atoms with van der Waals surface area (Å²) in [6, 6.07) is 6.00. The first kappa shape index (κ1) is 20.9. The molecule has 7 heteroatoms. The Morgan fingerprint density at radius 3 is 2.55 bits per heavy atom. The molecule has 4 rings (SSSR count). The first-order chi connectivity index (χ1) is 13.8. The maximum atomic E-state index is 13.0. The summed E-state index contributed by atoms with van der Waals surface area (Å²) in [6.45, 7) is 10.00. The Morgan fingerprint density at radius 1 is 1.24 bits per heavy atom. The molecule has 0 amide bonds. The molecule has 158 valence electrons. The minimum Gasteiger partial charge on any atom is -0.365 e. The number of carbonyl (C=O) groups is 1. The van der Waals surface area contributed by atoms with E-state index in [0.717, 1.165) is 52.6 Å². The van der Waals surface area contributed by atoms with Gasteiger partial charge >= 0.3 is 0 Å². The number of hydrogen-bond acceptors (Lipinski definition) is 5. The van der Waals surface area contributed by atoms with Crippen molar-refractivity contribution in [3.63, 3.8) is 0 Å². The third kappa shape index (κ3) is 5.22. The molecule has 1 N–H and O–H groups in total. The minimum atomic E-state index is -0.487. The topological polar surface area (TPSA) is 50.2 Å². The van der Waals surface area contributed by atoms with Gasteiger partial charge in [0.25, 0.3) is 5.91 Å². The van der Waals surface area contributed by atoms with Crippen LogP contribution in [0.3, 0.4) is 0 Å². The van der Waals surface area contributed by atoms with E-state index in [2.05, 4.69) is 16.3 Å². The smallest absolute Gasteiger partial charge is 0.254 e. The lowest BCUT2D eigenvalue weighted by Gasteiger charge is -2.31. The Balaban J connectivity index is 1.48. The molecule has 0 spiro atoms. The van der Waals surface area contributed by atoms with Crippen LogP contribution in [0.2, 0.25) is 4.34 Å². The summed E-state index contributed by atoms with van der Waals surface area (Å²) in [5.41, 5.74) is 0.556. The summed E-state index contributed by atoms with van der Waals surface area (Å²) in [5.74, 6) is 2.17. The average molecular weight is 435 g/mol. The monoisotopic (exact) mass is 434 g/mol. The van der Waals surface area contributed by atoms with Crippen molar-refractivity contribution in [2.24, 2.45) is 11.3 Å². The number of thiophene rings is 1. The van der Waals surface area contributed by atoms with Crippen LogP contribution < -0.4 is 5.32 Å². The molecule has 0 unspecified atom stereocenters. The van der Waals surface area contributed by atoms with Gasteiger partial charge < -0.3 is 10.2 Å². The summed E-state index contributed by atoms with van der Waals surface area (Å²) >= 11 is 7.61. The fraction of sp³-hybridized carbons (Fsp3) is 0.636. The van der Waals surface area contributed by atoms with Crippen LogP contribution in [-0.2, 0) is 6.54 Å². The van der Waals surface area contributed by atoms with E-state index >= 15 is 0 Å². The lowest BCUT2D eigenvalue weighted by Crippen LogP contribution is -2.34. The number of piperidine rings is 1. The zero-order valence-electron chi connectivity index (χ0n) is 17.6.